The standard InChI is InChI=1S/C22H24ClN5O4S/c1-4-28-19(12-14-5-10-17(31-2)18(11-14)32-3)24-27-22(28)33-13-20(29)25-26-21(30)15-6-8-16(23)9-7-15/h5-11H,4,12-13H2,1-3H3,(H,25,29)(H,26,30). The Morgan fingerprint density at radius 1 is 1.03 bits per heavy atom. The number of hydrogen-bond acceptors (Lipinski definition) is 7. The number of halogens is 1. The molecule has 2 aromatic carbocycles. The smallest absolute Gasteiger partial charge is 0.269 e. The quantitative estimate of drug-likeness (QED) is 0.351. The highest BCUT2D eigenvalue weighted by molar-refractivity contribution is 7.99. The molecule has 0 spiro atoms. The van der Waals surface area contributed by atoms with Crippen molar-refractivity contribution in [2.45, 2.75) is 25.0 Å². The van der Waals surface area contributed by atoms with Gasteiger partial charge < -0.3 is 14.0 Å². The van der Waals surface area contributed by atoms with Crippen LogP contribution in [0.5, 0.6) is 11.5 Å². The molecule has 1 aromatic heterocycles. The van der Waals surface area contributed by atoms with Crippen LogP contribution in [-0.2, 0) is 17.8 Å². The van der Waals surface area contributed by atoms with Crippen molar-refractivity contribution in [1.82, 2.24) is 25.6 Å². The number of methoxy groups -OCH3 is 2. The zero-order chi connectivity index (χ0) is 23.8. The third-order valence-electron chi connectivity index (χ3n) is 4.67. The second-order valence-electron chi connectivity index (χ2n) is 6.81. The molecular formula is C22H24ClN5O4S. The maximum absolute atomic E-state index is 12.2. The normalized spacial score (nSPS) is 10.5. The van der Waals surface area contributed by atoms with Crippen molar-refractivity contribution in [3.8, 4) is 11.5 Å². The number of carbonyl (C=O) groups is 2. The van der Waals surface area contributed by atoms with Gasteiger partial charge in [-0.15, -0.1) is 10.2 Å². The Bertz CT molecular complexity index is 1120. The third-order valence-corrected chi connectivity index (χ3v) is 5.89. The molecule has 2 amide bonds. The van der Waals surface area contributed by atoms with Crippen LogP contribution in [0, 0.1) is 0 Å². The molecule has 0 aliphatic carbocycles. The topological polar surface area (TPSA) is 107 Å². The molecule has 0 aliphatic heterocycles. The lowest BCUT2D eigenvalue weighted by Crippen LogP contribution is -2.42. The van der Waals surface area contributed by atoms with Crippen LogP contribution in [0.3, 0.4) is 0 Å². The first kappa shape index (κ1) is 24.4. The Hall–Kier alpha value is -3.24. The number of thioether (sulfide) groups is 1. The zero-order valence-electron chi connectivity index (χ0n) is 18.4. The predicted octanol–water partition coefficient (Wildman–Crippen LogP) is 3.11. The first-order valence-electron chi connectivity index (χ1n) is 10.1. The minimum absolute atomic E-state index is 0.0649. The number of nitrogens with zero attached hydrogens (tertiary/aromatic N) is 3. The van der Waals surface area contributed by atoms with Gasteiger partial charge in [-0.25, -0.2) is 0 Å². The van der Waals surface area contributed by atoms with E-state index in [4.69, 9.17) is 21.1 Å². The highest BCUT2D eigenvalue weighted by Gasteiger charge is 2.15. The highest BCUT2D eigenvalue weighted by Crippen LogP contribution is 2.28. The van der Waals surface area contributed by atoms with Crippen LogP contribution in [0.2, 0.25) is 5.02 Å². The van der Waals surface area contributed by atoms with Crippen molar-refractivity contribution >= 4 is 35.2 Å². The summed E-state index contributed by atoms with van der Waals surface area (Å²) in [6.45, 7) is 2.63. The Balaban J connectivity index is 1.57. The molecule has 0 unspecified atom stereocenters. The number of nitrogens with one attached hydrogen (secondary N) is 2. The molecule has 1 heterocycles. The molecule has 0 atom stereocenters. The molecule has 3 aromatic rings. The fourth-order valence-corrected chi connectivity index (χ4v) is 3.96. The Kier molecular flexibility index (Phi) is 8.56. The molecule has 0 bridgehead atoms. The number of rotatable bonds is 9. The van der Waals surface area contributed by atoms with Crippen molar-refractivity contribution in [3.05, 3.63) is 64.4 Å². The van der Waals surface area contributed by atoms with E-state index in [0.29, 0.717) is 40.2 Å². The van der Waals surface area contributed by atoms with E-state index in [1.54, 1.807) is 38.5 Å². The van der Waals surface area contributed by atoms with E-state index >= 15 is 0 Å². The van der Waals surface area contributed by atoms with Gasteiger partial charge in [-0.05, 0) is 48.9 Å². The van der Waals surface area contributed by atoms with Crippen LogP contribution in [0.25, 0.3) is 0 Å². The minimum atomic E-state index is -0.432. The summed E-state index contributed by atoms with van der Waals surface area (Å²) in [7, 11) is 3.18. The van der Waals surface area contributed by atoms with Gasteiger partial charge in [0.25, 0.3) is 5.91 Å². The summed E-state index contributed by atoms with van der Waals surface area (Å²) in [4.78, 5) is 24.3. The van der Waals surface area contributed by atoms with Crippen LogP contribution in [-0.4, -0.2) is 46.6 Å². The summed E-state index contributed by atoms with van der Waals surface area (Å²) in [5.74, 6) is 1.33. The molecule has 0 radical (unpaired) electrons. The fourth-order valence-electron chi connectivity index (χ4n) is 3.01. The lowest BCUT2D eigenvalue weighted by Gasteiger charge is -2.11. The van der Waals surface area contributed by atoms with Crippen molar-refractivity contribution in [3.63, 3.8) is 0 Å². The van der Waals surface area contributed by atoms with Crippen LogP contribution in [0.1, 0.15) is 28.7 Å². The van der Waals surface area contributed by atoms with E-state index < -0.39 is 5.91 Å². The second-order valence-corrected chi connectivity index (χ2v) is 8.19. The lowest BCUT2D eigenvalue weighted by molar-refractivity contribution is -0.119. The molecular weight excluding hydrogens is 466 g/mol. The summed E-state index contributed by atoms with van der Waals surface area (Å²) in [5, 5.41) is 9.65. The van der Waals surface area contributed by atoms with E-state index in [2.05, 4.69) is 21.0 Å². The van der Waals surface area contributed by atoms with Gasteiger partial charge in [0.2, 0.25) is 5.91 Å². The van der Waals surface area contributed by atoms with Crippen molar-refractivity contribution in [1.29, 1.82) is 0 Å². The summed E-state index contributed by atoms with van der Waals surface area (Å²) in [6, 6.07) is 12.0. The minimum Gasteiger partial charge on any atom is -0.493 e. The maximum atomic E-state index is 12.2. The number of hydrogen-bond donors (Lipinski definition) is 2. The number of hydrazine groups is 1. The van der Waals surface area contributed by atoms with E-state index in [-0.39, 0.29) is 11.7 Å². The molecule has 2 N–H and O–H groups in total. The van der Waals surface area contributed by atoms with Crippen LogP contribution >= 0.6 is 23.4 Å². The average Bonchev–Trinajstić information content (AvgIpc) is 3.22. The highest BCUT2D eigenvalue weighted by atomic mass is 35.5. The molecule has 0 fully saturated rings. The second kappa shape index (κ2) is 11.6. The molecule has 33 heavy (non-hydrogen) atoms. The van der Waals surface area contributed by atoms with Crippen LogP contribution < -0.4 is 20.3 Å². The molecule has 174 valence electrons. The SMILES string of the molecule is CCn1c(Cc2ccc(OC)c(OC)c2)nnc1SCC(=O)NNC(=O)c1ccc(Cl)cc1. The third kappa shape index (κ3) is 6.39. The number of aromatic nitrogens is 3. The monoisotopic (exact) mass is 489 g/mol. The summed E-state index contributed by atoms with van der Waals surface area (Å²) in [6.07, 6.45) is 0.547. The number of ether oxygens (including phenoxy) is 2. The lowest BCUT2D eigenvalue weighted by atomic mass is 10.1. The van der Waals surface area contributed by atoms with Crippen molar-refractivity contribution in [2.75, 3.05) is 20.0 Å². The van der Waals surface area contributed by atoms with Gasteiger partial charge in [-0.3, -0.25) is 20.4 Å². The molecule has 3 rings (SSSR count). The first-order valence-corrected chi connectivity index (χ1v) is 11.4. The van der Waals surface area contributed by atoms with Gasteiger partial charge in [0.05, 0.1) is 20.0 Å². The number of benzene rings is 2. The van der Waals surface area contributed by atoms with Gasteiger partial charge >= 0.3 is 0 Å². The predicted molar refractivity (Wildman–Crippen MR) is 126 cm³/mol. The largest absolute Gasteiger partial charge is 0.493 e. The van der Waals surface area contributed by atoms with Gasteiger partial charge in [-0.2, -0.15) is 0 Å². The molecule has 0 saturated carbocycles. The first-order chi connectivity index (χ1) is 15.9. The maximum Gasteiger partial charge on any atom is 0.269 e. The average molecular weight is 490 g/mol. The summed E-state index contributed by atoms with van der Waals surface area (Å²) >= 11 is 7.05. The van der Waals surface area contributed by atoms with E-state index in [0.717, 1.165) is 11.4 Å². The van der Waals surface area contributed by atoms with E-state index in [1.807, 2.05) is 29.7 Å². The zero-order valence-corrected chi connectivity index (χ0v) is 20.0. The van der Waals surface area contributed by atoms with Gasteiger partial charge in [0.15, 0.2) is 16.7 Å². The number of carbonyl (C=O) groups excluding carboxylic acids is 2. The van der Waals surface area contributed by atoms with Crippen molar-refractivity contribution < 1.29 is 19.1 Å². The fraction of sp³-hybridized carbons (Fsp3) is 0.273. The Labute approximate surface area is 200 Å². The van der Waals surface area contributed by atoms with E-state index in [1.165, 1.54) is 11.8 Å². The van der Waals surface area contributed by atoms with Crippen molar-refractivity contribution in [2.24, 2.45) is 0 Å². The summed E-state index contributed by atoms with van der Waals surface area (Å²) < 4.78 is 12.6. The number of amides is 2. The van der Waals surface area contributed by atoms with E-state index in [9.17, 15) is 9.59 Å². The van der Waals surface area contributed by atoms with Gasteiger partial charge in [0, 0.05) is 23.6 Å². The van der Waals surface area contributed by atoms with Crippen LogP contribution in [0.4, 0.5) is 0 Å². The molecule has 9 nitrogen and oxygen atoms in total. The molecule has 0 aliphatic rings. The van der Waals surface area contributed by atoms with Gasteiger partial charge in [0.1, 0.15) is 5.82 Å². The Morgan fingerprint density at radius 3 is 2.42 bits per heavy atom. The molecule has 0 saturated heterocycles. The van der Waals surface area contributed by atoms with Gasteiger partial charge in [-0.1, -0.05) is 29.4 Å². The summed E-state index contributed by atoms with van der Waals surface area (Å²) in [5.41, 5.74) is 6.16. The van der Waals surface area contributed by atoms with Crippen LogP contribution in [0.15, 0.2) is 47.6 Å². The Morgan fingerprint density at radius 2 is 1.76 bits per heavy atom. The molecule has 11 heteroatoms.